The molecule has 0 spiro atoms. The number of carbonyl (C=O) groups is 1. The van der Waals surface area contributed by atoms with E-state index in [1.54, 1.807) is 0 Å². The number of nitrogens with zero attached hydrogens (tertiary/aromatic N) is 2. The monoisotopic (exact) mass is 461 g/mol. The maximum atomic E-state index is 13.2. The van der Waals surface area contributed by atoms with E-state index >= 15 is 0 Å². The van der Waals surface area contributed by atoms with Gasteiger partial charge in [0.05, 0.1) is 10.5 Å². The molecule has 1 aromatic carbocycles. The molecule has 31 heavy (non-hydrogen) atoms. The van der Waals surface area contributed by atoms with Crippen LogP contribution in [-0.2, 0) is 21.0 Å². The average Bonchev–Trinajstić information content (AvgIpc) is 2.71. The molecule has 2 N–H and O–H groups in total. The van der Waals surface area contributed by atoms with Crippen LogP contribution in [0.3, 0.4) is 0 Å². The molecule has 0 aromatic heterocycles. The van der Waals surface area contributed by atoms with Gasteiger partial charge in [-0.05, 0) is 69.2 Å². The third kappa shape index (κ3) is 5.59. The summed E-state index contributed by atoms with van der Waals surface area (Å²) < 4.78 is 63.4. The molecule has 0 atom stereocenters. The predicted octanol–water partition coefficient (Wildman–Crippen LogP) is 3.18. The molecule has 3 rings (SSSR count). The van der Waals surface area contributed by atoms with Gasteiger partial charge in [-0.3, -0.25) is 9.69 Å². The summed E-state index contributed by atoms with van der Waals surface area (Å²) in [6.07, 6.45) is -2.63. The molecule has 1 aromatic rings. The van der Waals surface area contributed by atoms with Gasteiger partial charge in [-0.2, -0.15) is 13.2 Å². The van der Waals surface area contributed by atoms with E-state index in [4.69, 9.17) is 5.14 Å². The van der Waals surface area contributed by atoms with Crippen molar-refractivity contribution in [1.29, 1.82) is 0 Å². The van der Waals surface area contributed by atoms with Crippen molar-refractivity contribution in [3.05, 3.63) is 29.3 Å². The fourth-order valence-corrected chi connectivity index (χ4v) is 5.48. The molecular formula is C21H30F3N3O3S. The standard InChI is InChI=1S/C21H30F3N3O3S/c1-14(2)26-9-11-27(12-10-26)20(28)16-5-3-15(4-6-16)18-13-17(21(22,23)24)7-8-19(18)31(25,29)30/h7-8,13-16H,3-6,9-12H2,1-2H3,(H2,25,29,30). The highest BCUT2D eigenvalue weighted by molar-refractivity contribution is 7.89. The number of sulfonamides is 1. The van der Waals surface area contributed by atoms with Crippen LogP contribution in [0.5, 0.6) is 0 Å². The second-order valence-corrected chi connectivity index (χ2v) is 10.3. The number of hydrogen-bond acceptors (Lipinski definition) is 4. The molecule has 0 bridgehead atoms. The molecule has 0 unspecified atom stereocenters. The molecular weight excluding hydrogens is 431 g/mol. The minimum Gasteiger partial charge on any atom is -0.340 e. The zero-order valence-corrected chi connectivity index (χ0v) is 18.7. The Morgan fingerprint density at radius 2 is 1.65 bits per heavy atom. The summed E-state index contributed by atoms with van der Waals surface area (Å²) in [5, 5.41) is 5.26. The van der Waals surface area contributed by atoms with E-state index in [1.165, 1.54) is 0 Å². The van der Waals surface area contributed by atoms with Crippen LogP contribution >= 0.6 is 0 Å². The number of rotatable bonds is 4. The van der Waals surface area contributed by atoms with E-state index in [1.807, 2.05) is 4.90 Å². The highest BCUT2D eigenvalue weighted by Crippen LogP contribution is 2.41. The van der Waals surface area contributed by atoms with Crippen molar-refractivity contribution in [3.63, 3.8) is 0 Å². The molecule has 1 saturated heterocycles. The van der Waals surface area contributed by atoms with Crippen molar-refractivity contribution in [2.24, 2.45) is 11.1 Å². The Hall–Kier alpha value is -1.65. The van der Waals surface area contributed by atoms with Gasteiger partial charge in [0.1, 0.15) is 0 Å². The number of primary sulfonamides is 1. The van der Waals surface area contributed by atoms with Crippen LogP contribution in [0.4, 0.5) is 13.2 Å². The molecule has 1 aliphatic carbocycles. The van der Waals surface area contributed by atoms with Gasteiger partial charge in [0, 0.05) is 38.1 Å². The highest BCUT2D eigenvalue weighted by Gasteiger charge is 2.36. The molecule has 1 heterocycles. The summed E-state index contributed by atoms with van der Waals surface area (Å²) in [7, 11) is -4.15. The Balaban J connectivity index is 1.70. The third-order valence-corrected chi connectivity index (χ3v) is 7.50. The van der Waals surface area contributed by atoms with Gasteiger partial charge in [-0.25, -0.2) is 13.6 Å². The second kappa shape index (κ2) is 9.07. The Kier molecular flexibility index (Phi) is 7.02. The number of halogens is 3. The summed E-state index contributed by atoms with van der Waals surface area (Å²) in [5.74, 6) is -0.458. The SMILES string of the molecule is CC(C)N1CCN(C(=O)C2CCC(c3cc(C(F)(F)F)ccc3S(N)(=O)=O)CC2)CC1. The van der Waals surface area contributed by atoms with Gasteiger partial charge >= 0.3 is 6.18 Å². The van der Waals surface area contributed by atoms with E-state index in [2.05, 4.69) is 18.7 Å². The molecule has 1 amide bonds. The summed E-state index contributed by atoms with van der Waals surface area (Å²) in [6.45, 7) is 7.28. The highest BCUT2D eigenvalue weighted by atomic mass is 32.2. The lowest BCUT2D eigenvalue weighted by molar-refractivity contribution is -0.138. The molecule has 6 nitrogen and oxygen atoms in total. The van der Waals surface area contributed by atoms with Crippen molar-refractivity contribution in [2.45, 2.75) is 62.6 Å². The molecule has 174 valence electrons. The second-order valence-electron chi connectivity index (χ2n) is 8.80. The van der Waals surface area contributed by atoms with Gasteiger partial charge in [0.15, 0.2) is 0 Å². The fraction of sp³-hybridized carbons (Fsp3) is 0.667. The quantitative estimate of drug-likeness (QED) is 0.747. The molecule has 2 aliphatic rings. The van der Waals surface area contributed by atoms with Crippen molar-refractivity contribution in [2.75, 3.05) is 26.2 Å². The van der Waals surface area contributed by atoms with Crippen LogP contribution in [0, 0.1) is 5.92 Å². The maximum absolute atomic E-state index is 13.2. The Bertz CT molecular complexity index is 902. The number of carbonyl (C=O) groups excluding carboxylic acids is 1. The predicted molar refractivity (Wildman–Crippen MR) is 111 cm³/mol. The Morgan fingerprint density at radius 3 is 2.13 bits per heavy atom. The number of alkyl halides is 3. The summed E-state index contributed by atoms with van der Waals surface area (Å²) in [6, 6.07) is 3.03. The molecule has 1 saturated carbocycles. The van der Waals surface area contributed by atoms with Crippen LogP contribution in [0.25, 0.3) is 0 Å². The van der Waals surface area contributed by atoms with Crippen LogP contribution in [0.1, 0.15) is 56.6 Å². The molecule has 0 radical (unpaired) electrons. The first-order chi connectivity index (χ1) is 14.4. The smallest absolute Gasteiger partial charge is 0.340 e. The topological polar surface area (TPSA) is 83.7 Å². The van der Waals surface area contributed by atoms with Gasteiger partial charge in [-0.1, -0.05) is 0 Å². The molecule has 1 aliphatic heterocycles. The van der Waals surface area contributed by atoms with Crippen molar-refractivity contribution < 1.29 is 26.4 Å². The van der Waals surface area contributed by atoms with Crippen molar-refractivity contribution in [3.8, 4) is 0 Å². The number of amides is 1. The number of piperazine rings is 1. The van der Waals surface area contributed by atoms with Crippen molar-refractivity contribution in [1.82, 2.24) is 9.80 Å². The van der Waals surface area contributed by atoms with E-state index in [0.717, 1.165) is 31.3 Å². The zero-order valence-electron chi connectivity index (χ0n) is 17.9. The number of nitrogens with two attached hydrogens (primary N) is 1. The normalized spacial score (nSPS) is 23.9. The van der Waals surface area contributed by atoms with Crippen LogP contribution in [-0.4, -0.2) is 56.3 Å². The van der Waals surface area contributed by atoms with E-state index in [0.29, 0.717) is 44.8 Å². The lowest BCUT2D eigenvalue weighted by Gasteiger charge is -2.39. The first-order valence-electron chi connectivity index (χ1n) is 10.6. The van der Waals surface area contributed by atoms with Gasteiger partial charge in [-0.15, -0.1) is 0 Å². The zero-order chi connectivity index (χ0) is 23.0. The van der Waals surface area contributed by atoms with E-state index in [9.17, 15) is 26.4 Å². The summed E-state index contributed by atoms with van der Waals surface area (Å²) >= 11 is 0. The first kappa shape index (κ1) is 24.0. The lowest BCUT2D eigenvalue weighted by Crippen LogP contribution is -2.52. The van der Waals surface area contributed by atoms with Crippen molar-refractivity contribution >= 4 is 15.9 Å². The lowest BCUT2D eigenvalue weighted by atomic mass is 9.78. The average molecular weight is 462 g/mol. The largest absolute Gasteiger partial charge is 0.416 e. The molecule has 2 fully saturated rings. The summed E-state index contributed by atoms with van der Waals surface area (Å²) in [4.78, 5) is 16.9. The first-order valence-corrected chi connectivity index (χ1v) is 12.2. The number of hydrogen-bond donors (Lipinski definition) is 1. The van der Waals surface area contributed by atoms with Crippen LogP contribution in [0.15, 0.2) is 23.1 Å². The Morgan fingerprint density at radius 1 is 1.06 bits per heavy atom. The van der Waals surface area contributed by atoms with E-state index < -0.39 is 21.8 Å². The third-order valence-electron chi connectivity index (χ3n) is 6.52. The van der Waals surface area contributed by atoms with Crippen LogP contribution < -0.4 is 5.14 Å². The minimum atomic E-state index is -4.57. The number of benzene rings is 1. The minimum absolute atomic E-state index is 0.0950. The van der Waals surface area contributed by atoms with Gasteiger partial charge in [0.2, 0.25) is 15.9 Å². The van der Waals surface area contributed by atoms with Gasteiger partial charge < -0.3 is 4.90 Å². The molecule has 10 heteroatoms. The Labute approximate surface area is 181 Å². The maximum Gasteiger partial charge on any atom is 0.416 e. The fourth-order valence-electron chi connectivity index (χ4n) is 4.67. The van der Waals surface area contributed by atoms with Crippen LogP contribution in [0.2, 0.25) is 0 Å². The van der Waals surface area contributed by atoms with E-state index in [-0.39, 0.29) is 28.2 Å². The summed E-state index contributed by atoms with van der Waals surface area (Å²) in [5.41, 5.74) is -0.787. The van der Waals surface area contributed by atoms with Gasteiger partial charge in [0.25, 0.3) is 0 Å².